The van der Waals surface area contributed by atoms with Gasteiger partial charge in [-0.05, 0) is 38.3 Å². The minimum absolute atomic E-state index is 0.0314. The lowest BCUT2D eigenvalue weighted by Gasteiger charge is -2.45. The van der Waals surface area contributed by atoms with E-state index in [0.29, 0.717) is 50.7 Å². The Bertz CT molecular complexity index is 789. The average molecular weight is 393 g/mol. The zero-order chi connectivity index (χ0) is 18.9. The maximum atomic E-state index is 13.1. The van der Waals surface area contributed by atoms with Gasteiger partial charge in [-0.1, -0.05) is 18.2 Å². The number of benzene rings is 1. The summed E-state index contributed by atoms with van der Waals surface area (Å²) in [7, 11) is -2.26. The average Bonchev–Trinajstić information content (AvgIpc) is 3.11. The lowest BCUT2D eigenvalue weighted by molar-refractivity contribution is -0.155. The van der Waals surface area contributed by atoms with Crippen molar-refractivity contribution in [2.75, 3.05) is 37.8 Å². The highest BCUT2D eigenvalue weighted by molar-refractivity contribution is 7.93. The van der Waals surface area contributed by atoms with E-state index >= 15 is 0 Å². The Kier molecular flexibility index (Phi) is 5.27. The zero-order valence-electron chi connectivity index (χ0n) is 15.8. The van der Waals surface area contributed by atoms with E-state index in [9.17, 15) is 9.00 Å². The van der Waals surface area contributed by atoms with E-state index in [-0.39, 0.29) is 23.5 Å². The van der Waals surface area contributed by atoms with E-state index in [0.717, 1.165) is 12.1 Å². The van der Waals surface area contributed by atoms with Gasteiger partial charge in [-0.2, -0.15) is 4.36 Å². The van der Waals surface area contributed by atoms with Crippen LogP contribution in [0.1, 0.15) is 26.2 Å². The summed E-state index contributed by atoms with van der Waals surface area (Å²) in [5.41, 5.74) is 0.404. The lowest BCUT2D eigenvalue weighted by Crippen LogP contribution is -2.57. The number of carbonyl (C=O) groups excluding carboxylic acids is 1. The predicted molar refractivity (Wildman–Crippen MR) is 104 cm³/mol. The Hall–Kier alpha value is -1.44. The summed E-state index contributed by atoms with van der Waals surface area (Å²) in [5.74, 6) is 1.19. The smallest absolute Gasteiger partial charge is 0.228 e. The highest BCUT2D eigenvalue weighted by atomic mass is 32.2. The molecule has 0 aromatic heterocycles. The van der Waals surface area contributed by atoms with E-state index in [1.807, 2.05) is 42.2 Å². The van der Waals surface area contributed by atoms with Crippen LogP contribution in [0.15, 0.2) is 34.7 Å². The lowest BCUT2D eigenvalue weighted by atomic mass is 9.93. The molecule has 3 aliphatic heterocycles. The van der Waals surface area contributed by atoms with Gasteiger partial charge < -0.3 is 14.4 Å². The first-order chi connectivity index (χ1) is 13.0. The van der Waals surface area contributed by atoms with Crippen LogP contribution in [0.2, 0.25) is 0 Å². The molecule has 0 N–H and O–H groups in total. The van der Waals surface area contributed by atoms with E-state index in [1.54, 1.807) is 0 Å². The van der Waals surface area contributed by atoms with Crippen LogP contribution in [0, 0.1) is 5.92 Å². The first-order valence-electron chi connectivity index (χ1n) is 9.79. The molecule has 27 heavy (non-hydrogen) atoms. The zero-order valence-corrected chi connectivity index (χ0v) is 16.7. The summed E-state index contributed by atoms with van der Waals surface area (Å²) in [6.45, 7) is 4.31. The van der Waals surface area contributed by atoms with Crippen molar-refractivity contribution in [2.45, 2.75) is 37.9 Å². The van der Waals surface area contributed by atoms with Crippen LogP contribution in [0.4, 0.5) is 5.69 Å². The number of hydrogen-bond donors (Lipinski definition) is 0. The fourth-order valence-electron chi connectivity index (χ4n) is 4.27. The first kappa shape index (κ1) is 18.9. The van der Waals surface area contributed by atoms with Crippen molar-refractivity contribution in [3.8, 4) is 0 Å². The van der Waals surface area contributed by atoms with Crippen LogP contribution in [0.5, 0.6) is 0 Å². The van der Waals surface area contributed by atoms with Crippen molar-refractivity contribution in [1.29, 1.82) is 0 Å². The van der Waals surface area contributed by atoms with Gasteiger partial charge in [0.25, 0.3) is 0 Å². The fraction of sp³-hybridized carbons (Fsp3) is 0.650. The summed E-state index contributed by atoms with van der Waals surface area (Å²) < 4.78 is 29.4. The molecule has 6 nitrogen and oxygen atoms in total. The standard InChI is InChI=1S/C20H28N2O4S/c1-16-13-17(14-25-16)19(23)22-9-10-26-20(15-22)7-11-27(24,12-8-20)21-18-5-3-2-4-6-18/h2-6,16-17H,7-15H2,1H3. The molecule has 0 bridgehead atoms. The number of rotatable bonds is 2. The molecule has 0 saturated carbocycles. The Morgan fingerprint density at radius 2 is 2.00 bits per heavy atom. The van der Waals surface area contributed by atoms with Gasteiger partial charge in [0, 0.05) is 24.6 Å². The number of morpholine rings is 1. The molecule has 2 unspecified atom stereocenters. The molecule has 1 amide bonds. The van der Waals surface area contributed by atoms with Crippen molar-refractivity contribution in [1.82, 2.24) is 4.90 Å². The van der Waals surface area contributed by atoms with E-state index in [2.05, 4.69) is 4.36 Å². The molecular formula is C20H28N2O4S. The molecule has 0 radical (unpaired) electrons. The third-order valence-electron chi connectivity index (χ3n) is 5.89. The highest BCUT2D eigenvalue weighted by Crippen LogP contribution is 2.34. The number of carbonyl (C=O) groups is 1. The van der Waals surface area contributed by atoms with Crippen LogP contribution in [0.25, 0.3) is 0 Å². The number of amides is 1. The molecule has 3 aliphatic rings. The molecule has 0 aliphatic carbocycles. The summed E-state index contributed by atoms with van der Waals surface area (Å²) in [4.78, 5) is 14.8. The molecule has 3 fully saturated rings. The van der Waals surface area contributed by atoms with Gasteiger partial charge in [0.05, 0.1) is 46.3 Å². The maximum Gasteiger partial charge on any atom is 0.228 e. The number of nitrogens with zero attached hydrogens (tertiary/aromatic N) is 2. The second kappa shape index (κ2) is 7.53. The second-order valence-corrected chi connectivity index (χ2v) is 10.5. The van der Waals surface area contributed by atoms with Crippen LogP contribution in [0.3, 0.4) is 0 Å². The van der Waals surface area contributed by atoms with Gasteiger partial charge in [0.15, 0.2) is 0 Å². The quantitative estimate of drug-likeness (QED) is 0.776. The summed E-state index contributed by atoms with van der Waals surface area (Å²) in [5, 5.41) is 0. The van der Waals surface area contributed by atoms with Gasteiger partial charge in [-0.25, -0.2) is 4.21 Å². The fourth-order valence-corrected chi connectivity index (χ4v) is 6.55. The van der Waals surface area contributed by atoms with Gasteiger partial charge in [0.2, 0.25) is 5.91 Å². The topological polar surface area (TPSA) is 68.2 Å². The summed E-state index contributed by atoms with van der Waals surface area (Å²) >= 11 is 0. The molecule has 1 aromatic carbocycles. The van der Waals surface area contributed by atoms with Crippen molar-refractivity contribution in [3.63, 3.8) is 0 Å². The highest BCUT2D eigenvalue weighted by Gasteiger charge is 2.44. The van der Waals surface area contributed by atoms with Gasteiger partial charge in [0.1, 0.15) is 0 Å². The van der Waals surface area contributed by atoms with Crippen molar-refractivity contribution in [3.05, 3.63) is 30.3 Å². The molecule has 1 spiro atoms. The van der Waals surface area contributed by atoms with E-state index < -0.39 is 9.73 Å². The molecular weight excluding hydrogens is 364 g/mol. The van der Waals surface area contributed by atoms with Gasteiger partial charge >= 0.3 is 0 Å². The van der Waals surface area contributed by atoms with E-state index in [1.165, 1.54) is 0 Å². The number of hydrogen-bond acceptors (Lipinski definition) is 5. The molecule has 1 aromatic rings. The van der Waals surface area contributed by atoms with Crippen LogP contribution < -0.4 is 0 Å². The minimum atomic E-state index is -2.26. The van der Waals surface area contributed by atoms with Crippen molar-refractivity contribution >= 4 is 21.3 Å². The van der Waals surface area contributed by atoms with Gasteiger partial charge in [-0.3, -0.25) is 4.79 Å². The second-order valence-electron chi connectivity index (χ2n) is 7.98. The Labute approximate surface area is 161 Å². The Balaban J connectivity index is 1.42. The molecule has 3 saturated heterocycles. The Morgan fingerprint density at radius 1 is 1.26 bits per heavy atom. The Morgan fingerprint density at radius 3 is 2.67 bits per heavy atom. The molecule has 3 heterocycles. The van der Waals surface area contributed by atoms with Crippen LogP contribution >= 0.6 is 0 Å². The van der Waals surface area contributed by atoms with Crippen LogP contribution in [-0.4, -0.2) is 64.5 Å². The normalized spacial score (nSPS) is 36.7. The van der Waals surface area contributed by atoms with Crippen molar-refractivity contribution in [2.24, 2.45) is 10.3 Å². The monoisotopic (exact) mass is 392 g/mol. The maximum absolute atomic E-state index is 13.1. The first-order valence-corrected chi connectivity index (χ1v) is 11.6. The predicted octanol–water partition coefficient (Wildman–Crippen LogP) is 2.60. The molecule has 148 valence electrons. The third kappa shape index (κ3) is 4.20. The SMILES string of the molecule is CC1CC(C(=O)N2CCOC3(CCS(=O)(=Nc4ccccc4)CC3)C2)CO1. The molecule has 2 atom stereocenters. The van der Waals surface area contributed by atoms with Crippen LogP contribution in [-0.2, 0) is 24.0 Å². The van der Waals surface area contributed by atoms with Gasteiger partial charge in [-0.15, -0.1) is 0 Å². The molecule has 4 rings (SSSR count). The van der Waals surface area contributed by atoms with Crippen molar-refractivity contribution < 1.29 is 18.5 Å². The molecule has 7 heteroatoms. The summed E-state index contributed by atoms with van der Waals surface area (Å²) in [6, 6.07) is 9.53. The summed E-state index contributed by atoms with van der Waals surface area (Å²) in [6.07, 6.45) is 2.33. The minimum Gasteiger partial charge on any atom is -0.378 e. The third-order valence-corrected chi connectivity index (χ3v) is 8.12. The van der Waals surface area contributed by atoms with E-state index in [4.69, 9.17) is 9.47 Å². The number of ether oxygens (including phenoxy) is 2. The largest absolute Gasteiger partial charge is 0.378 e.